The first kappa shape index (κ1) is 26.8. The Morgan fingerprint density at radius 1 is 1.07 bits per heavy atom. The van der Waals surface area contributed by atoms with Crippen molar-refractivity contribution in [3.63, 3.8) is 0 Å². The summed E-state index contributed by atoms with van der Waals surface area (Å²) in [7, 11) is -0.0935. The van der Waals surface area contributed by atoms with Crippen LogP contribution in [0.2, 0.25) is 0 Å². The maximum atomic E-state index is 14.4. The molecule has 0 amide bonds. The molecule has 0 radical (unpaired) electrons. The topological polar surface area (TPSA) is 52.6 Å². The molecule has 5 heteroatoms. The van der Waals surface area contributed by atoms with Gasteiger partial charge in [-0.15, -0.1) is 0 Å². The van der Waals surface area contributed by atoms with Crippen molar-refractivity contribution in [2.75, 3.05) is 26.5 Å². The van der Waals surface area contributed by atoms with Crippen LogP contribution in [0.5, 0.6) is 11.5 Å². The van der Waals surface area contributed by atoms with Gasteiger partial charge < -0.3 is 14.0 Å². The van der Waals surface area contributed by atoms with E-state index in [1.165, 1.54) is 14.2 Å². The van der Waals surface area contributed by atoms with Gasteiger partial charge in [0.05, 0.1) is 14.2 Å². The summed E-state index contributed by atoms with van der Waals surface area (Å²) in [6.07, 6.45) is 6.00. The van der Waals surface area contributed by atoms with Crippen LogP contribution in [0.4, 0.5) is 0 Å². The summed E-state index contributed by atoms with van der Waals surface area (Å²) >= 11 is 0. The Bertz CT molecular complexity index is 698. The predicted molar refractivity (Wildman–Crippen MR) is 128 cm³/mol. The van der Waals surface area contributed by atoms with Gasteiger partial charge in [-0.2, -0.15) is 0 Å². The van der Waals surface area contributed by atoms with Crippen LogP contribution in [-0.4, -0.2) is 32.1 Å². The first-order valence-electron chi connectivity index (χ1n) is 11.3. The SMILES string of the molecule is CCCCC(CC)CP(=O)(CC(C)CC(C)(C)C)C(=O)c1c(OC)cccc1OC. The third-order valence-electron chi connectivity index (χ3n) is 5.68. The molecule has 3 atom stereocenters. The highest BCUT2D eigenvalue weighted by atomic mass is 31.2. The van der Waals surface area contributed by atoms with E-state index in [1.807, 2.05) is 0 Å². The molecular weight excluding hydrogens is 395 g/mol. The molecule has 0 aromatic heterocycles. The van der Waals surface area contributed by atoms with Crippen LogP contribution in [0.25, 0.3) is 0 Å². The number of carbonyl (C=O) groups excluding carboxylic acids is 1. The fourth-order valence-electron chi connectivity index (χ4n) is 4.45. The van der Waals surface area contributed by atoms with Gasteiger partial charge in [0.25, 0.3) is 0 Å². The molecular formula is C25H43O4P. The summed E-state index contributed by atoms with van der Waals surface area (Å²) in [4.78, 5) is 13.8. The number of carbonyl (C=O) groups is 1. The van der Waals surface area contributed by atoms with Crippen molar-refractivity contribution in [3.8, 4) is 11.5 Å². The van der Waals surface area contributed by atoms with E-state index in [9.17, 15) is 9.36 Å². The smallest absolute Gasteiger partial charge is 0.228 e. The monoisotopic (exact) mass is 438 g/mol. The van der Waals surface area contributed by atoms with Gasteiger partial charge in [0.2, 0.25) is 5.52 Å². The maximum Gasteiger partial charge on any atom is 0.228 e. The van der Waals surface area contributed by atoms with E-state index >= 15 is 0 Å². The van der Waals surface area contributed by atoms with Gasteiger partial charge in [0.15, 0.2) is 7.14 Å². The summed E-state index contributed by atoms with van der Waals surface area (Å²) in [6, 6.07) is 5.28. The zero-order valence-electron chi connectivity index (χ0n) is 20.4. The number of hydrogen-bond acceptors (Lipinski definition) is 4. The molecule has 1 aromatic rings. The Balaban J connectivity index is 3.38. The molecule has 0 bridgehead atoms. The Morgan fingerprint density at radius 3 is 2.07 bits per heavy atom. The van der Waals surface area contributed by atoms with Crippen LogP contribution in [0, 0.1) is 17.3 Å². The normalized spacial score (nSPS) is 15.9. The number of methoxy groups -OCH3 is 2. The molecule has 1 rings (SSSR count). The number of ether oxygens (including phenoxy) is 2. The molecule has 3 unspecified atom stereocenters. The molecule has 0 aliphatic rings. The Labute approximate surface area is 184 Å². The van der Waals surface area contributed by atoms with E-state index < -0.39 is 7.14 Å². The fraction of sp³-hybridized carbons (Fsp3) is 0.720. The van der Waals surface area contributed by atoms with Gasteiger partial charge in [0, 0.05) is 12.3 Å². The van der Waals surface area contributed by atoms with Gasteiger partial charge in [-0.25, -0.2) is 0 Å². The van der Waals surface area contributed by atoms with E-state index in [0.717, 1.165) is 32.1 Å². The summed E-state index contributed by atoms with van der Waals surface area (Å²) in [6.45, 7) is 13.0. The van der Waals surface area contributed by atoms with E-state index in [2.05, 4.69) is 41.5 Å². The predicted octanol–water partition coefficient (Wildman–Crippen LogP) is 7.50. The van der Waals surface area contributed by atoms with Crippen LogP contribution >= 0.6 is 7.14 Å². The fourth-order valence-corrected chi connectivity index (χ4v) is 7.97. The van der Waals surface area contributed by atoms with Gasteiger partial charge in [-0.05, 0) is 35.8 Å². The molecule has 0 saturated heterocycles. The Morgan fingerprint density at radius 2 is 1.63 bits per heavy atom. The van der Waals surface area contributed by atoms with Crippen molar-refractivity contribution in [1.29, 1.82) is 0 Å². The highest BCUT2D eigenvalue weighted by Gasteiger charge is 2.39. The van der Waals surface area contributed by atoms with E-state index in [4.69, 9.17) is 9.47 Å². The van der Waals surface area contributed by atoms with Gasteiger partial charge in [-0.3, -0.25) is 4.79 Å². The van der Waals surface area contributed by atoms with Crippen molar-refractivity contribution in [2.45, 2.75) is 73.6 Å². The molecule has 172 valence electrons. The number of benzene rings is 1. The van der Waals surface area contributed by atoms with Crippen molar-refractivity contribution in [2.24, 2.45) is 17.3 Å². The number of rotatable bonds is 13. The van der Waals surface area contributed by atoms with Crippen LogP contribution in [-0.2, 0) is 4.57 Å². The second-order valence-electron chi connectivity index (χ2n) is 9.88. The summed E-state index contributed by atoms with van der Waals surface area (Å²) in [5, 5.41) is 0. The van der Waals surface area contributed by atoms with Gasteiger partial charge >= 0.3 is 0 Å². The lowest BCUT2D eigenvalue weighted by molar-refractivity contribution is 0.106. The third-order valence-corrected chi connectivity index (χ3v) is 8.96. The number of hydrogen-bond donors (Lipinski definition) is 0. The molecule has 30 heavy (non-hydrogen) atoms. The Kier molecular flexibility index (Phi) is 10.6. The third kappa shape index (κ3) is 7.76. The average Bonchev–Trinajstić information content (AvgIpc) is 2.68. The first-order chi connectivity index (χ1) is 14.0. The zero-order chi connectivity index (χ0) is 22.9. The van der Waals surface area contributed by atoms with Crippen molar-refractivity contribution in [3.05, 3.63) is 23.8 Å². The van der Waals surface area contributed by atoms with Crippen molar-refractivity contribution < 1.29 is 18.8 Å². The van der Waals surface area contributed by atoms with Gasteiger partial charge in [-0.1, -0.05) is 73.3 Å². The molecule has 0 aliphatic heterocycles. The molecule has 0 spiro atoms. The molecule has 1 aromatic carbocycles. The highest BCUT2D eigenvalue weighted by molar-refractivity contribution is 7.81. The molecule has 0 saturated carbocycles. The molecule has 0 fully saturated rings. The van der Waals surface area contributed by atoms with Gasteiger partial charge in [0.1, 0.15) is 17.1 Å². The van der Waals surface area contributed by atoms with E-state index in [-0.39, 0.29) is 16.9 Å². The standard InChI is InChI=1S/C25H43O4P/c1-9-11-13-20(10-2)18-30(27,17-19(3)16-25(4,5)6)24(26)23-21(28-7)14-12-15-22(23)29-8/h12,14-15,19-20H,9-11,13,16-18H2,1-8H3. The highest BCUT2D eigenvalue weighted by Crippen LogP contribution is 2.56. The average molecular weight is 439 g/mol. The quantitative estimate of drug-likeness (QED) is 0.299. The molecule has 0 aliphatic carbocycles. The second-order valence-corrected chi connectivity index (χ2v) is 12.8. The van der Waals surface area contributed by atoms with Crippen molar-refractivity contribution >= 4 is 12.7 Å². The minimum absolute atomic E-state index is 0.127. The Hall–Kier alpha value is -1.28. The largest absolute Gasteiger partial charge is 0.496 e. The first-order valence-corrected chi connectivity index (χ1v) is 13.4. The number of unbranched alkanes of at least 4 members (excludes halogenated alkanes) is 1. The summed E-state index contributed by atoms with van der Waals surface area (Å²) in [5.41, 5.74) is 0.175. The van der Waals surface area contributed by atoms with Crippen LogP contribution < -0.4 is 9.47 Å². The van der Waals surface area contributed by atoms with Crippen LogP contribution in [0.3, 0.4) is 0 Å². The van der Waals surface area contributed by atoms with Crippen LogP contribution in [0.1, 0.15) is 84.0 Å². The van der Waals surface area contributed by atoms with E-state index in [1.54, 1.807) is 18.2 Å². The lowest BCUT2D eigenvalue weighted by atomic mass is 9.86. The zero-order valence-corrected chi connectivity index (χ0v) is 21.3. The molecule has 4 nitrogen and oxygen atoms in total. The van der Waals surface area contributed by atoms with E-state index in [0.29, 0.717) is 35.3 Å². The summed E-state index contributed by atoms with van der Waals surface area (Å²) < 4.78 is 25.3. The lowest BCUT2D eigenvalue weighted by Gasteiger charge is -2.29. The van der Waals surface area contributed by atoms with Crippen molar-refractivity contribution in [1.82, 2.24) is 0 Å². The van der Waals surface area contributed by atoms with Crippen LogP contribution in [0.15, 0.2) is 18.2 Å². The molecule has 0 heterocycles. The summed E-state index contributed by atoms with van der Waals surface area (Å²) in [5.74, 6) is 1.36. The second kappa shape index (κ2) is 11.9. The maximum absolute atomic E-state index is 14.4. The molecule has 0 N–H and O–H groups in total. The minimum atomic E-state index is -3.17. The lowest BCUT2D eigenvalue weighted by Crippen LogP contribution is -2.21. The minimum Gasteiger partial charge on any atom is -0.496 e.